The summed E-state index contributed by atoms with van der Waals surface area (Å²) in [5, 5.41) is 0. The van der Waals surface area contributed by atoms with Crippen LogP contribution < -0.4 is 0 Å². The summed E-state index contributed by atoms with van der Waals surface area (Å²) in [6.07, 6.45) is 63.8. The molecule has 1 atom stereocenters. The average molecular weight is 897 g/mol. The molecule has 6 nitrogen and oxygen atoms in total. The fourth-order valence-electron chi connectivity index (χ4n) is 7.81. The molecule has 0 aromatic heterocycles. The predicted octanol–water partition coefficient (Wildman–Crippen LogP) is 18.3. The van der Waals surface area contributed by atoms with Gasteiger partial charge in [0.25, 0.3) is 0 Å². The maximum atomic E-state index is 12.8. The third-order valence-corrected chi connectivity index (χ3v) is 12.0. The minimum atomic E-state index is -0.784. The lowest BCUT2D eigenvalue weighted by molar-refractivity contribution is -0.167. The van der Waals surface area contributed by atoms with Gasteiger partial charge in [-0.3, -0.25) is 14.4 Å². The molecule has 6 heteroatoms. The number of allylic oxidation sites excluding steroid dienone is 8. The number of hydrogen-bond acceptors (Lipinski definition) is 6. The molecule has 372 valence electrons. The molecular weight excluding hydrogens is 793 g/mol. The molecule has 0 aliphatic heterocycles. The maximum absolute atomic E-state index is 12.8. The van der Waals surface area contributed by atoms with Gasteiger partial charge in [-0.2, -0.15) is 0 Å². The van der Waals surface area contributed by atoms with Gasteiger partial charge in [0.15, 0.2) is 6.10 Å². The SMILES string of the molecule is CCCCC/C=C\CCCCCCCC(=O)OCC(COC(=O)CCCCCCCCC/C=C\CCCCCCCCC)OC(=O)CCCCCCC/C=C\C/C=C\CCCCCC. The van der Waals surface area contributed by atoms with E-state index in [2.05, 4.69) is 69.4 Å². The highest BCUT2D eigenvalue weighted by molar-refractivity contribution is 5.71. The van der Waals surface area contributed by atoms with Crippen LogP contribution in [0.15, 0.2) is 48.6 Å². The summed E-state index contributed by atoms with van der Waals surface area (Å²) in [6.45, 7) is 6.59. The van der Waals surface area contributed by atoms with Gasteiger partial charge >= 0.3 is 17.9 Å². The number of unbranched alkanes of at least 4 members (excludes halogenated alkanes) is 31. The molecule has 0 radical (unpaired) electrons. The Hall–Kier alpha value is -2.63. The maximum Gasteiger partial charge on any atom is 0.306 e. The molecule has 0 aliphatic rings. The van der Waals surface area contributed by atoms with Crippen LogP contribution >= 0.6 is 0 Å². The molecule has 0 rings (SSSR count). The van der Waals surface area contributed by atoms with E-state index in [1.54, 1.807) is 0 Å². The van der Waals surface area contributed by atoms with Crippen LogP contribution in [0.25, 0.3) is 0 Å². The van der Waals surface area contributed by atoms with Gasteiger partial charge in [0.05, 0.1) is 0 Å². The number of rotatable bonds is 50. The van der Waals surface area contributed by atoms with Crippen molar-refractivity contribution in [1.82, 2.24) is 0 Å². The van der Waals surface area contributed by atoms with Crippen molar-refractivity contribution in [1.29, 1.82) is 0 Å². The quantitative estimate of drug-likeness (QED) is 0.0262. The number of esters is 3. The molecule has 0 N–H and O–H groups in total. The first-order valence-corrected chi connectivity index (χ1v) is 27.6. The summed E-state index contributed by atoms with van der Waals surface area (Å²) in [7, 11) is 0. The van der Waals surface area contributed by atoms with E-state index in [1.165, 1.54) is 154 Å². The molecule has 0 spiro atoms. The van der Waals surface area contributed by atoms with E-state index in [0.717, 1.165) is 89.9 Å². The van der Waals surface area contributed by atoms with Gasteiger partial charge in [-0.05, 0) is 103 Å². The Morgan fingerprint density at radius 1 is 0.312 bits per heavy atom. The van der Waals surface area contributed by atoms with E-state index in [9.17, 15) is 14.4 Å². The minimum Gasteiger partial charge on any atom is -0.462 e. The zero-order valence-electron chi connectivity index (χ0n) is 42.6. The number of carbonyl (C=O) groups is 3. The second kappa shape index (κ2) is 53.0. The molecule has 0 heterocycles. The molecule has 0 amide bonds. The van der Waals surface area contributed by atoms with Gasteiger partial charge in [0.2, 0.25) is 0 Å². The molecule has 0 aromatic rings. The van der Waals surface area contributed by atoms with Crippen molar-refractivity contribution in [3.8, 4) is 0 Å². The smallest absolute Gasteiger partial charge is 0.306 e. The van der Waals surface area contributed by atoms with Crippen molar-refractivity contribution in [2.24, 2.45) is 0 Å². The molecule has 0 saturated heterocycles. The summed E-state index contributed by atoms with van der Waals surface area (Å²) in [5.74, 6) is -0.901. The van der Waals surface area contributed by atoms with Gasteiger partial charge in [-0.25, -0.2) is 0 Å². The molecule has 0 aliphatic carbocycles. The van der Waals surface area contributed by atoms with Crippen LogP contribution in [0, 0.1) is 0 Å². The summed E-state index contributed by atoms with van der Waals surface area (Å²) in [6, 6.07) is 0. The first-order valence-electron chi connectivity index (χ1n) is 27.6. The number of ether oxygens (including phenoxy) is 3. The standard InChI is InChI=1S/C58H104O6/c1-4-7-10-13-16-19-22-25-27-29-30-32-33-36-39-42-45-48-51-57(60)63-54-55(53-62-56(59)50-47-44-41-38-35-24-21-18-15-12-9-6-3)64-58(61)52-49-46-43-40-37-34-31-28-26-23-20-17-14-11-8-5-2/h18,20-21,23,27-29,31,55H,4-17,19,22,24-26,30,32-54H2,1-3H3/b21-18-,23-20-,29-27-,31-28-. The van der Waals surface area contributed by atoms with E-state index in [0.29, 0.717) is 19.3 Å². The molecule has 0 saturated carbocycles. The molecule has 1 unspecified atom stereocenters. The first kappa shape index (κ1) is 61.4. The van der Waals surface area contributed by atoms with Gasteiger partial charge in [-0.15, -0.1) is 0 Å². The predicted molar refractivity (Wildman–Crippen MR) is 275 cm³/mol. The second-order valence-corrected chi connectivity index (χ2v) is 18.5. The van der Waals surface area contributed by atoms with Gasteiger partial charge in [0, 0.05) is 19.3 Å². The number of hydrogen-bond donors (Lipinski definition) is 0. The lowest BCUT2D eigenvalue weighted by atomic mass is 10.1. The Balaban J connectivity index is 4.38. The lowest BCUT2D eigenvalue weighted by Gasteiger charge is -2.18. The fraction of sp³-hybridized carbons (Fsp3) is 0.810. The van der Waals surface area contributed by atoms with Crippen LogP contribution in [0.4, 0.5) is 0 Å². The normalized spacial score (nSPS) is 12.4. The minimum absolute atomic E-state index is 0.0827. The van der Waals surface area contributed by atoms with Crippen molar-refractivity contribution in [2.45, 2.75) is 290 Å². The van der Waals surface area contributed by atoms with Crippen LogP contribution in [-0.4, -0.2) is 37.2 Å². The third kappa shape index (κ3) is 50.4. The molecule has 64 heavy (non-hydrogen) atoms. The third-order valence-electron chi connectivity index (χ3n) is 12.0. The van der Waals surface area contributed by atoms with E-state index >= 15 is 0 Å². The Morgan fingerprint density at radius 2 is 0.562 bits per heavy atom. The highest BCUT2D eigenvalue weighted by Crippen LogP contribution is 2.15. The molecule has 0 fully saturated rings. The van der Waals surface area contributed by atoms with Crippen LogP contribution in [-0.2, 0) is 28.6 Å². The zero-order chi connectivity index (χ0) is 46.5. The van der Waals surface area contributed by atoms with Crippen LogP contribution in [0.3, 0.4) is 0 Å². The zero-order valence-corrected chi connectivity index (χ0v) is 42.6. The monoisotopic (exact) mass is 897 g/mol. The van der Waals surface area contributed by atoms with Crippen LogP contribution in [0.5, 0.6) is 0 Å². The van der Waals surface area contributed by atoms with E-state index in [1.807, 2.05) is 0 Å². The number of carbonyl (C=O) groups excluding carboxylic acids is 3. The van der Waals surface area contributed by atoms with E-state index in [4.69, 9.17) is 14.2 Å². The van der Waals surface area contributed by atoms with Crippen molar-refractivity contribution in [3.05, 3.63) is 48.6 Å². The molecule has 0 bridgehead atoms. The van der Waals surface area contributed by atoms with E-state index in [-0.39, 0.29) is 31.1 Å². The highest BCUT2D eigenvalue weighted by atomic mass is 16.6. The Morgan fingerprint density at radius 3 is 0.922 bits per heavy atom. The molecule has 0 aromatic carbocycles. The highest BCUT2D eigenvalue weighted by Gasteiger charge is 2.19. The average Bonchev–Trinajstić information content (AvgIpc) is 3.29. The summed E-state index contributed by atoms with van der Waals surface area (Å²) in [5.41, 5.74) is 0. The summed E-state index contributed by atoms with van der Waals surface area (Å²) >= 11 is 0. The summed E-state index contributed by atoms with van der Waals surface area (Å²) in [4.78, 5) is 38.0. The van der Waals surface area contributed by atoms with Crippen molar-refractivity contribution < 1.29 is 28.6 Å². The van der Waals surface area contributed by atoms with Crippen molar-refractivity contribution in [2.75, 3.05) is 13.2 Å². The molecular formula is C58H104O6. The largest absolute Gasteiger partial charge is 0.462 e. The van der Waals surface area contributed by atoms with Gasteiger partial charge < -0.3 is 14.2 Å². The fourth-order valence-corrected chi connectivity index (χ4v) is 7.81. The van der Waals surface area contributed by atoms with Gasteiger partial charge in [-0.1, -0.05) is 211 Å². The Labute approximate surface area is 397 Å². The van der Waals surface area contributed by atoms with Gasteiger partial charge in [0.1, 0.15) is 13.2 Å². The Kier molecular flexibility index (Phi) is 50.8. The van der Waals surface area contributed by atoms with Crippen molar-refractivity contribution >= 4 is 17.9 Å². The lowest BCUT2D eigenvalue weighted by Crippen LogP contribution is -2.30. The van der Waals surface area contributed by atoms with Crippen LogP contribution in [0.2, 0.25) is 0 Å². The second-order valence-electron chi connectivity index (χ2n) is 18.5. The van der Waals surface area contributed by atoms with Crippen LogP contribution in [0.1, 0.15) is 284 Å². The first-order chi connectivity index (χ1) is 31.5. The topological polar surface area (TPSA) is 78.9 Å². The Bertz CT molecular complexity index is 1120. The van der Waals surface area contributed by atoms with Crippen molar-refractivity contribution in [3.63, 3.8) is 0 Å². The van der Waals surface area contributed by atoms with E-state index < -0.39 is 6.10 Å². The summed E-state index contributed by atoms with van der Waals surface area (Å²) < 4.78 is 16.8.